The third-order valence-electron chi connectivity index (χ3n) is 3.58. The van der Waals surface area contributed by atoms with E-state index in [9.17, 15) is 4.79 Å². The molecule has 3 aromatic rings. The second-order valence-corrected chi connectivity index (χ2v) is 6.26. The highest BCUT2D eigenvalue weighted by Crippen LogP contribution is 2.25. The molecule has 0 aliphatic heterocycles. The number of amides is 1. The largest absolute Gasteiger partial charge is 0.497 e. The lowest BCUT2D eigenvalue weighted by molar-refractivity contribution is -0.116. The van der Waals surface area contributed by atoms with Gasteiger partial charge in [-0.3, -0.25) is 4.79 Å². The average Bonchev–Trinajstić information content (AvgIpc) is 3.12. The van der Waals surface area contributed by atoms with E-state index in [-0.39, 0.29) is 12.3 Å². The van der Waals surface area contributed by atoms with Crippen molar-refractivity contribution in [2.75, 3.05) is 12.4 Å². The van der Waals surface area contributed by atoms with Gasteiger partial charge < -0.3 is 14.6 Å². The van der Waals surface area contributed by atoms with E-state index >= 15 is 0 Å². The minimum atomic E-state index is -0.224. The summed E-state index contributed by atoms with van der Waals surface area (Å²) in [7, 11) is 1.60. The van der Waals surface area contributed by atoms with Crippen LogP contribution in [0.5, 0.6) is 5.75 Å². The number of halogens is 2. The number of carbonyl (C=O) groups is 1. The van der Waals surface area contributed by atoms with Gasteiger partial charge in [-0.1, -0.05) is 28.4 Å². The molecule has 0 bridgehead atoms. The molecule has 26 heavy (non-hydrogen) atoms. The summed E-state index contributed by atoms with van der Waals surface area (Å²) in [5.41, 5.74) is 1.27. The van der Waals surface area contributed by atoms with Gasteiger partial charge in [-0.2, -0.15) is 4.98 Å². The molecule has 6 nitrogen and oxygen atoms in total. The van der Waals surface area contributed by atoms with E-state index in [4.69, 9.17) is 32.5 Å². The summed E-state index contributed by atoms with van der Waals surface area (Å²) in [6, 6.07) is 12.2. The molecular weight excluding hydrogens is 377 g/mol. The summed E-state index contributed by atoms with van der Waals surface area (Å²) in [6.45, 7) is 0. The lowest BCUT2D eigenvalue weighted by Crippen LogP contribution is -2.12. The molecule has 8 heteroatoms. The molecule has 0 spiro atoms. The molecule has 0 fully saturated rings. The molecule has 0 radical (unpaired) electrons. The van der Waals surface area contributed by atoms with Gasteiger partial charge in [0.25, 0.3) is 0 Å². The number of anilines is 1. The van der Waals surface area contributed by atoms with Gasteiger partial charge in [-0.15, -0.1) is 0 Å². The lowest BCUT2D eigenvalue weighted by Gasteiger charge is -2.06. The van der Waals surface area contributed by atoms with Crippen LogP contribution < -0.4 is 10.1 Å². The number of benzene rings is 2. The standard InChI is InChI=1S/C18H15Cl2N3O3/c1-25-13-5-2-11(3-6-13)18-22-17(26-23-18)9-8-16(24)21-15-10-12(19)4-7-14(15)20/h2-7,10H,8-9H2,1H3,(H,21,24). The highest BCUT2D eigenvalue weighted by molar-refractivity contribution is 6.35. The van der Waals surface area contributed by atoms with Crippen LogP contribution in [0.2, 0.25) is 10.0 Å². The first-order chi connectivity index (χ1) is 12.5. The number of aromatic nitrogens is 2. The molecule has 0 aliphatic rings. The van der Waals surface area contributed by atoms with Crippen LogP contribution >= 0.6 is 23.2 Å². The van der Waals surface area contributed by atoms with E-state index < -0.39 is 0 Å². The molecule has 0 saturated heterocycles. The summed E-state index contributed by atoms with van der Waals surface area (Å²) in [5, 5.41) is 7.56. The smallest absolute Gasteiger partial charge is 0.227 e. The second kappa shape index (κ2) is 8.21. The number of ether oxygens (including phenoxy) is 1. The number of carbonyl (C=O) groups excluding carboxylic acids is 1. The Labute approximate surface area is 160 Å². The molecule has 2 aromatic carbocycles. The number of methoxy groups -OCH3 is 1. The van der Waals surface area contributed by atoms with Crippen molar-refractivity contribution < 1.29 is 14.1 Å². The van der Waals surface area contributed by atoms with Crippen LogP contribution in [0.1, 0.15) is 12.3 Å². The van der Waals surface area contributed by atoms with Crippen molar-refractivity contribution in [2.45, 2.75) is 12.8 Å². The molecule has 0 unspecified atom stereocenters. The Balaban J connectivity index is 1.58. The zero-order chi connectivity index (χ0) is 18.5. The molecular formula is C18H15Cl2N3O3. The van der Waals surface area contributed by atoms with E-state index in [2.05, 4.69) is 15.5 Å². The fraction of sp³-hybridized carbons (Fsp3) is 0.167. The number of nitrogens with one attached hydrogen (secondary N) is 1. The first kappa shape index (κ1) is 18.2. The number of aryl methyl sites for hydroxylation is 1. The molecule has 1 amide bonds. The first-order valence-electron chi connectivity index (χ1n) is 7.77. The van der Waals surface area contributed by atoms with E-state index in [1.807, 2.05) is 24.3 Å². The van der Waals surface area contributed by atoms with Gasteiger partial charge in [-0.25, -0.2) is 0 Å². The Morgan fingerprint density at radius 1 is 1.19 bits per heavy atom. The number of hydrogen-bond donors (Lipinski definition) is 1. The molecule has 0 aliphatic carbocycles. The fourth-order valence-electron chi connectivity index (χ4n) is 2.24. The molecule has 0 saturated carbocycles. The Morgan fingerprint density at radius 3 is 2.69 bits per heavy atom. The zero-order valence-electron chi connectivity index (χ0n) is 13.8. The quantitative estimate of drug-likeness (QED) is 0.662. The van der Waals surface area contributed by atoms with Gasteiger partial charge in [0.2, 0.25) is 17.6 Å². The Morgan fingerprint density at radius 2 is 1.96 bits per heavy atom. The van der Waals surface area contributed by atoms with Crippen LogP contribution in [0.15, 0.2) is 47.0 Å². The third-order valence-corrected chi connectivity index (χ3v) is 4.15. The highest BCUT2D eigenvalue weighted by atomic mass is 35.5. The summed E-state index contributed by atoms with van der Waals surface area (Å²) in [6.07, 6.45) is 0.486. The summed E-state index contributed by atoms with van der Waals surface area (Å²) >= 11 is 11.9. The van der Waals surface area contributed by atoms with Crippen LogP contribution in [0.25, 0.3) is 11.4 Å². The molecule has 1 aromatic heterocycles. The van der Waals surface area contributed by atoms with Crippen LogP contribution in [0, 0.1) is 0 Å². The van der Waals surface area contributed by atoms with Gasteiger partial charge in [0.05, 0.1) is 17.8 Å². The van der Waals surface area contributed by atoms with Crippen molar-refractivity contribution in [3.05, 3.63) is 58.4 Å². The predicted octanol–water partition coefficient (Wildman–Crippen LogP) is 4.62. The van der Waals surface area contributed by atoms with Crippen LogP contribution in [0.4, 0.5) is 5.69 Å². The average molecular weight is 392 g/mol. The predicted molar refractivity (Wildman–Crippen MR) is 99.7 cm³/mol. The number of rotatable bonds is 6. The van der Waals surface area contributed by atoms with E-state index in [0.29, 0.717) is 33.9 Å². The Kier molecular flexibility index (Phi) is 5.75. The topological polar surface area (TPSA) is 77.2 Å². The lowest BCUT2D eigenvalue weighted by atomic mass is 10.2. The van der Waals surface area contributed by atoms with Crippen LogP contribution in [-0.2, 0) is 11.2 Å². The normalized spacial score (nSPS) is 10.6. The van der Waals surface area contributed by atoms with Crippen molar-refractivity contribution in [3.8, 4) is 17.1 Å². The van der Waals surface area contributed by atoms with Crippen LogP contribution in [-0.4, -0.2) is 23.2 Å². The highest BCUT2D eigenvalue weighted by Gasteiger charge is 2.12. The van der Waals surface area contributed by atoms with Crippen molar-refractivity contribution in [1.29, 1.82) is 0 Å². The van der Waals surface area contributed by atoms with Crippen LogP contribution in [0.3, 0.4) is 0 Å². The minimum absolute atomic E-state index is 0.174. The third kappa shape index (κ3) is 4.53. The number of nitrogens with zero attached hydrogens (tertiary/aromatic N) is 2. The molecule has 3 rings (SSSR count). The summed E-state index contributed by atoms with van der Waals surface area (Å²) in [5.74, 6) is 1.36. The van der Waals surface area contributed by atoms with Crippen molar-refractivity contribution >= 4 is 34.8 Å². The minimum Gasteiger partial charge on any atom is -0.497 e. The van der Waals surface area contributed by atoms with Gasteiger partial charge in [-0.05, 0) is 42.5 Å². The number of hydrogen-bond acceptors (Lipinski definition) is 5. The summed E-state index contributed by atoms with van der Waals surface area (Å²) < 4.78 is 10.3. The van der Waals surface area contributed by atoms with E-state index in [1.54, 1.807) is 25.3 Å². The van der Waals surface area contributed by atoms with E-state index in [0.717, 1.165) is 11.3 Å². The fourth-order valence-corrected chi connectivity index (χ4v) is 2.58. The van der Waals surface area contributed by atoms with Gasteiger partial charge in [0.15, 0.2) is 0 Å². The Bertz CT molecular complexity index is 910. The van der Waals surface area contributed by atoms with Crippen molar-refractivity contribution in [3.63, 3.8) is 0 Å². The Hall–Kier alpha value is -2.57. The monoisotopic (exact) mass is 391 g/mol. The van der Waals surface area contributed by atoms with Crippen molar-refractivity contribution in [2.24, 2.45) is 0 Å². The molecule has 1 N–H and O–H groups in total. The maximum absolute atomic E-state index is 12.1. The van der Waals surface area contributed by atoms with E-state index in [1.165, 1.54) is 0 Å². The second-order valence-electron chi connectivity index (χ2n) is 5.41. The molecule has 134 valence electrons. The maximum Gasteiger partial charge on any atom is 0.227 e. The SMILES string of the molecule is COc1ccc(-c2noc(CCC(=O)Nc3cc(Cl)ccc3Cl)n2)cc1. The molecule has 1 heterocycles. The van der Waals surface area contributed by atoms with Crippen molar-refractivity contribution in [1.82, 2.24) is 10.1 Å². The maximum atomic E-state index is 12.1. The first-order valence-corrected chi connectivity index (χ1v) is 8.52. The summed E-state index contributed by atoms with van der Waals surface area (Å²) in [4.78, 5) is 16.4. The van der Waals surface area contributed by atoms with Gasteiger partial charge in [0, 0.05) is 23.4 Å². The van der Waals surface area contributed by atoms with Gasteiger partial charge >= 0.3 is 0 Å². The van der Waals surface area contributed by atoms with Gasteiger partial charge in [0.1, 0.15) is 5.75 Å². The zero-order valence-corrected chi connectivity index (χ0v) is 15.3. The molecule has 0 atom stereocenters.